The van der Waals surface area contributed by atoms with Gasteiger partial charge in [-0.05, 0) is 43.7 Å². The lowest BCUT2D eigenvalue weighted by Gasteiger charge is -2.15. The second-order valence-electron chi connectivity index (χ2n) is 6.55. The van der Waals surface area contributed by atoms with Crippen LogP contribution in [0.3, 0.4) is 0 Å². The smallest absolute Gasteiger partial charge is 0.287 e. The maximum absolute atomic E-state index is 11.8. The van der Waals surface area contributed by atoms with Crippen LogP contribution < -0.4 is 16.0 Å². The van der Waals surface area contributed by atoms with Gasteiger partial charge in [0.1, 0.15) is 0 Å². The molecule has 9 heteroatoms. The van der Waals surface area contributed by atoms with Gasteiger partial charge in [0.15, 0.2) is 11.7 Å². The predicted octanol–water partition coefficient (Wildman–Crippen LogP) is 2.80. The summed E-state index contributed by atoms with van der Waals surface area (Å²) in [5.74, 6) is 0.715. The van der Waals surface area contributed by atoms with Crippen molar-refractivity contribution in [3.8, 4) is 5.69 Å². The van der Waals surface area contributed by atoms with Gasteiger partial charge in [0.05, 0.1) is 17.6 Å². The van der Waals surface area contributed by atoms with Crippen LogP contribution in [-0.4, -0.2) is 41.8 Å². The zero-order valence-electron chi connectivity index (χ0n) is 17.3. The zero-order chi connectivity index (χ0) is 20.6. The molecule has 3 N–H and O–H groups in total. The minimum atomic E-state index is -0.237. The fourth-order valence-electron chi connectivity index (χ4n) is 2.99. The summed E-state index contributed by atoms with van der Waals surface area (Å²) >= 11 is 0. The number of carbonyl (C=O) groups is 1. The molecule has 160 valence electrons. The number of carbonyl (C=O) groups excluding carboxylic acids is 1. The molecule has 1 aromatic carbocycles. The number of halogens is 1. The largest absolute Gasteiger partial charge is 0.459 e. The van der Waals surface area contributed by atoms with Gasteiger partial charge in [0.25, 0.3) is 5.91 Å². The number of para-hydroxylation sites is 1. The molecule has 8 nitrogen and oxygen atoms in total. The van der Waals surface area contributed by atoms with Crippen LogP contribution in [0.2, 0.25) is 0 Å². The number of rotatable bonds is 7. The van der Waals surface area contributed by atoms with Gasteiger partial charge in [0.2, 0.25) is 0 Å². The third-order valence-corrected chi connectivity index (χ3v) is 4.35. The second-order valence-corrected chi connectivity index (χ2v) is 6.55. The summed E-state index contributed by atoms with van der Waals surface area (Å²) in [6.45, 7) is 5.60. The maximum Gasteiger partial charge on any atom is 0.287 e. The number of aryl methyl sites for hydroxylation is 2. The molecule has 0 bridgehead atoms. The maximum atomic E-state index is 11.8. The summed E-state index contributed by atoms with van der Waals surface area (Å²) in [6, 6.07) is 13.5. The number of hydrogen-bond acceptors (Lipinski definition) is 4. The number of furan rings is 1. The molecule has 0 saturated heterocycles. The van der Waals surface area contributed by atoms with Gasteiger partial charge in [-0.2, -0.15) is 5.10 Å². The van der Waals surface area contributed by atoms with Crippen LogP contribution in [0.25, 0.3) is 5.69 Å². The Morgan fingerprint density at radius 2 is 1.87 bits per heavy atom. The zero-order valence-corrected chi connectivity index (χ0v) is 19.6. The molecule has 0 saturated carbocycles. The van der Waals surface area contributed by atoms with Gasteiger partial charge in [-0.15, -0.1) is 24.0 Å². The molecule has 0 aliphatic carbocycles. The molecule has 0 unspecified atom stereocenters. The quantitative estimate of drug-likeness (QED) is 0.192. The fraction of sp³-hybridized carbons (Fsp3) is 0.286. The Morgan fingerprint density at radius 1 is 1.10 bits per heavy atom. The molecule has 0 atom stereocenters. The number of aromatic nitrogens is 2. The highest BCUT2D eigenvalue weighted by atomic mass is 127. The van der Waals surface area contributed by atoms with Crippen LogP contribution in [0.5, 0.6) is 0 Å². The Labute approximate surface area is 193 Å². The van der Waals surface area contributed by atoms with Crippen molar-refractivity contribution in [2.24, 2.45) is 4.99 Å². The summed E-state index contributed by atoms with van der Waals surface area (Å²) in [6.07, 6.45) is 1.48. The van der Waals surface area contributed by atoms with Crippen LogP contribution >= 0.6 is 24.0 Å². The van der Waals surface area contributed by atoms with Gasteiger partial charge in [-0.3, -0.25) is 9.79 Å². The number of benzene rings is 1. The summed E-state index contributed by atoms with van der Waals surface area (Å²) in [4.78, 5) is 16.1. The standard InChI is InChI=1S/C21H26N6O2.HI/c1-15-13-16(2)27(26-15)18-8-5-4-7-17(18)14-25-21(22-3)24-11-10-23-20(28)19-9-6-12-29-19;/h4-9,12-13H,10-11,14H2,1-3H3,(H,23,28)(H2,22,24,25);1H. The Bertz CT molecular complexity index is 981. The van der Waals surface area contributed by atoms with Crippen LogP contribution in [-0.2, 0) is 6.54 Å². The molecular formula is C21H27IN6O2. The van der Waals surface area contributed by atoms with Crippen LogP contribution in [0.4, 0.5) is 0 Å². The Balaban J connectivity index is 0.00000320. The molecular weight excluding hydrogens is 495 g/mol. The summed E-state index contributed by atoms with van der Waals surface area (Å²) < 4.78 is 7.02. The van der Waals surface area contributed by atoms with E-state index in [4.69, 9.17) is 4.42 Å². The summed E-state index contributed by atoms with van der Waals surface area (Å²) in [5, 5.41) is 13.9. The van der Waals surface area contributed by atoms with E-state index in [2.05, 4.69) is 44.2 Å². The van der Waals surface area contributed by atoms with Gasteiger partial charge >= 0.3 is 0 Å². The van der Waals surface area contributed by atoms with Crippen molar-refractivity contribution in [1.29, 1.82) is 0 Å². The van der Waals surface area contributed by atoms with E-state index in [1.54, 1.807) is 19.2 Å². The highest BCUT2D eigenvalue weighted by Crippen LogP contribution is 2.16. The van der Waals surface area contributed by atoms with Crippen molar-refractivity contribution in [1.82, 2.24) is 25.7 Å². The molecule has 0 radical (unpaired) electrons. The molecule has 2 aromatic heterocycles. The van der Waals surface area contributed by atoms with E-state index in [0.29, 0.717) is 31.4 Å². The first kappa shape index (κ1) is 23.5. The van der Waals surface area contributed by atoms with E-state index < -0.39 is 0 Å². The van der Waals surface area contributed by atoms with Gasteiger partial charge in [0, 0.05) is 32.4 Å². The number of hydrogen-bond donors (Lipinski definition) is 3. The van der Waals surface area contributed by atoms with E-state index in [9.17, 15) is 4.79 Å². The molecule has 0 spiro atoms. The lowest BCUT2D eigenvalue weighted by atomic mass is 10.1. The Kier molecular flexibility index (Phi) is 8.90. The lowest BCUT2D eigenvalue weighted by Crippen LogP contribution is -2.41. The van der Waals surface area contributed by atoms with Crippen molar-refractivity contribution >= 4 is 35.8 Å². The minimum Gasteiger partial charge on any atom is -0.459 e. The van der Waals surface area contributed by atoms with Crippen LogP contribution in [0, 0.1) is 13.8 Å². The van der Waals surface area contributed by atoms with Crippen molar-refractivity contribution in [3.05, 3.63) is 71.4 Å². The third kappa shape index (κ3) is 6.09. The number of nitrogens with one attached hydrogen (secondary N) is 3. The lowest BCUT2D eigenvalue weighted by molar-refractivity contribution is 0.0926. The second kappa shape index (κ2) is 11.4. The van der Waals surface area contributed by atoms with Gasteiger partial charge in [-0.25, -0.2) is 4.68 Å². The highest BCUT2D eigenvalue weighted by Gasteiger charge is 2.10. The topological polar surface area (TPSA) is 96.5 Å². The summed E-state index contributed by atoms with van der Waals surface area (Å²) in [5.41, 5.74) is 4.21. The molecule has 3 rings (SSSR count). The monoisotopic (exact) mass is 522 g/mol. The van der Waals surface area contributed by atoms with Crippen molar-refractivity contribution in [2.45, 2.75) is 20.4 Å². The van der Waals surface area contributed by atoms with Crippen molar-refractivity contribution < 1.29 is 9.21 Å². The Morgan fingerprint density at radius 3 is 2.53 bits per heavy atom. The van der Waals surface area contributed by atoms with E-state index in [-0.39, 0.29) is 29.9 Å². The van der Waals surface area contributed by atoms with Crippen LogP contribution in [0.15, 0.2) is 58.1 Å². The number of nitrogens with zero attached hydrogens (tertiary/aromatic N) is 3. The minimum absolute atomic E-state index is 0. The number of guanidine groups is 1. The molecule has 3 aromatic rings. The SMILES string of the molecule is CN=C(NCCNC(=O)c1ccco1)NCc1ccccc1-n1nc(C)cc1C.I. The molecule has 0 aliphatic heterocycles. The average Bonchev–Trinajstić information content (AvgIpc) is 3.37. The predicted molar refractivity (Wildman–Crippen MR) is 128 cm³/mol. The van der Waals surface area contributed by atoms with Crippen molar-refractivity contribution in [2.75, 3.05) is 20.1 Å². The fourth-order valence-corrected chi connectivity index (χ4v) is 2.99. The first-order chi connectivity index (χ1) is 14.1. The average molecular weight is 522 g/mol. The third-order valence-electron chi connectivity index (χ3n) is 4.35. The van der Waals surface area contributed by atoms with E-state index in [1.807, 2.05) is 30.7 Å². The van der Waals surface area contributed by atoms with E-state index in [0.717, 1.165) is 22.6 Å². The van der Waals surface area contributed by atoms with E-state index >= 15 is 0 Å². The molecule has 30 heavy (non-hydrogen) atoms. The summed E-state index contributed by atoms with van der Waals surface area (Å²) in [7, 11) is 1.71. The number of aliphatic imine (C=N–C) groups is 1. The van der Waals surface area contributed by atoms with Crippen LogP contribution in [0.1, 0.15) is 27.5 Å². The normalized spacial score (nSPS) is 11.0. The highest BCUT2D eigenvalue weighted by molar-refractivity contribution is 14.0. The van der Waals surface area contributed by atoms with Gasteiger partial charge in [-0.1, -0.05) is 18.2 Å². The molecule has 0 fully saturated rings. The number of amides is 1. The van der Waals surface area contributed by atoms with Crippen molar-refractivity contribution in [3.63, 3.8) is 0 Å². The van der Waals surface area contributed by atoms with E-state index in [1.165, 1.54) is 6.26 Å². The first-order valence-corrected chi connectivity index (χ1v) is 9.46. The van der Waals surface area contributed by atoms with Gasteiger partial charge < -0.3 is 20.4 Å². The molecule has 1 amide bonds. The molecule has 2 heterocycles. The first-order valence-electron chi connectivity index (χ1n) is 9.46. The Hall–Kier alpha value is -2.82. The molecule has 0 aliphatic rings.